The monoisotopic (exact) mass is 277 g/mol. The molecule has 1 saturated heterocycles. The Morgan fingerprint density at radius 3 is 2.95 bits per heavy atom. The van der Waals surface area contributed by atoms with Crippen molar-refractivity contribution in [3.05, 3.63) is 34.9 Å². The summed E-state index contributed by atoms with van der Waals surface area (Å²) in [6.45, 7) is 10.4. The van der Waals surface area contributed by atoms with Crippen molar-refractivity contribution in [1.82, 2.24) is 10.3 Å². The highest BCUT2D eigenvalue weighted by molar-refractivity contribution is 5.36. The van der Waals surface area contributed by atoms with E-state index in [0.29, 0.717) is 0 Å². The maximum atomic E-state index is 5.97. The van der Waals surface area contributed by atoms with Crippen LogP contribution in [0.2, 0.25) is 0 Å². The van der Waals surface area contributed by atoms with Crippen LogP contribution in [0, 0.1) is 13.8 Å². The van der Waals surface area contributed by atoms with E-state index in [-0.39, 0.29) is 12.1 Å². The van der Waals surface area contributed by atoms with Gasteiger partial charge in [-0.05, 0) is 43.5 Å². The third-order valence-corrected chi connectivity index (χ3v) is 4.25. The molecule has 1 aliphatic heterocycles. The van der Waals surface area contributed by atoms with E-state index in [1.165, 1.54) is 23.1 Å². The summed E-state index contributed by atoms with van der Waals surface area (Å²) in [6.07, 6.45) is 1.29. The van der Waals surface area contributed by atoms with Crippen LogP contribution in [-0.2, 0) is 4.74 Å². The normalized spacial score (nSPS) is 21.9. The molecule has 2 unspecified atom stereocenters. The highest BCUT2D eigenvalue weighted by atomic mass is 16.5. The number of ether oxygens (including phenoxy) is 1. The molecule has 0 spiro atoms. The van der Waals surface area contributed by atoms with Crippen LogP contribution in [0.4, 0.5) is 0 Å². The summed E-state index contributed by atoms with van der Waals surface area (Å²) in [7, 11) is 0. The number of morpholine rings is 1. The number of hydrogen-bond donors (Lipinski definition) is 2. The first-order valence-electron chi connectivity index (χ1n) is 7.53. The molecule has 2 rings (SSSR count). The lowest BCUT2D eigenvalue weighted by molar-refractivity contribution is -0.0472. The second kappa shape index (κ2) is 7.18. The van der Waals surface area contributed by atoms with Gasteiger partial charge in [0, 0.05) is 13.1 Å². The van der Waals surface area contributed by atoms with Crippen LogP contribution in [-0.4, -0.2) is 37.2 Å². The fraction of sp³-hybridized carbons (Fsp3) is 0.625. The molecule has 4 nitrogen and oxygen atoms in total. The topological polar surface area (TPSA) is 50.5 Å². The van der Waals surface area contributed by atoms with Crippen molar-refractivity contribution < 1.29 is 4.74 Å². The highest BCUT2D eigenvalue weighted by Crippen LogP contribution is 2.26. The molecule has 1 aromatic rings. The third kappa shape index (κ3) is 3.38. The van der Waals surface area contributed by atoms with Crippen LogP contribution >= 0.6 is 0 Å². The van der Waals surface area contributed by atoms with Crippen LogP contribution in [0.25, 0.3) is 0 Å². The summed E-state index contributed by atoms with van der Waals surface area (Å²) in [4.78, 5) is 2.46. The smallest absolute Gasteiger partial charge is 0.0909 e. The van der Waals surface area contributed by atoms with E-state index in [0.717, 1.165) is 26.2 Å². The van der Waals surface area contributed by atoms with Gasteiger partial charge < -0.3 is 4.74 Å². The number of hydrogen-bond acceptors (Lipinski definition) is 4. The van der Waals surface area contributed by atoms with E-state index < -0.39 is 0 Å². The third-order valence-electron chi connectivity index (χ3n) is 4.25. The Bertz CT molecular complexity index is 434. The van der Waals surface area contributed by atoms with E-state index >= 15 is 0 Å². The van der Waals surface area contributed by atoms with Crippen LogP contribution in [0.15, 0.2) is 18.2 Å². The Balaban J connectivity index is 2.17. The molecule has 0 bridgehead atoms. The minimum Gasteiger partial charge on any atom is -0.374 e. The largest absolute Gasteiger partial charge is 0.374 e. The molecule has 0 radical (unpaired) electrons. The number of benzene rings is 1. The number of nitrogens with zero attached hydrogens (tertiary/aromatic N) is 1. The van der Waals surface area contributed by atoms with Gasteiger partial charge in [0.2, 0.25) is 0 Å². The quantitative estimate of drug-likeness (QED) is 0.638. The maximum absolute atomic E-state index is 5.97. The minimum absolute atomic E-state index is 0.0505. The highest BCUT2D eigenvalue weighted by Gasteiger charge is 2.29. The lowest BCUT2D eigenvalue weighted by Crippen LogP contribution is -2.49. The van der Waals surface area contributed by atoms with E-state index in [4.69, 9.17) is 10.6 Å². The van der Waals surface area contributed by atoms with Gasteiger partial charge in [-0.15, -0.1) is 0 Å². The molecule has 1 aliphatic rings. The van der Waals surface area contributed by atoms with Crippen molar-refractivity contribution in [2.24, 2.45) is 5.84 Å². The second-order valence-corrected chi connectivity index (χ2v) is 5.64. The van der Waals surface area contributed by atoms with E-state index in [1.807, 2.05) is 0 Å². The van der Waals surface area contributed by atoms with E-state index in [1.54, 1.807) is 0 Å². The summed E-state index contributed by atoms with van der Waals surface area (Å²) in [5.41, 5.74) is 6.81. The molecule has 0 amide bonds. The average Bonchev–Trinajstić information content (AvgIpc) is 2.45. The summed E-state index contributed by atoms with van der Waals surface area (Å²) in [6, 6.07) is 6.43. The van der Waals surface area contributed by atoms with Gasteiger partial charge in [0.1, 0.15) is 0 Å². The Morgan fingerprint density at radius 1 is 1.45 bits per heavy atom. The SMILES string of the molecule is CCCN1CCOC(C(NN)c2cccc(C)c2C)C1. The van der Waals surface area contributed by atoms with Crippen LogP contribution in [0.5, 0.6) is 0 Å². The van der Waals surface area contributed by atoms with Crippen molar-refractivity contribution in [2.75, 3.05) is 26.2 Å². The first kappa shape index (κ1) is 15.4. The van der Waals surface area contributed by atoms with Gasteiger partial charge in [0.15, 0.2) is 0 Å². The molecule has 0 saturated carbocycles. The van der Waals surface area contributed by atoms with Gasteiger partial charge in [-0.25, -0.2) is 0 Å². The summed E-state index contributed by atoms with van der Waals surface area (Å²) in [5, 5.41) is 0. The Kier molecular flexibility index (Phi) is 5.54. The van der Waals surface area contributed by atoms with Crippen molar-refractivity contribution in [2.45, 2.75) is 39.3 Å². The summed E-state index contributed by atoms with van der Waals surface area (Å²) >= 11 is 0. The molecule has 2 atom stereocenters. The molecule has 1 fully saturated rings. The van der Waals surface area contributed by atoms with Crippen LogP contribution < -0.4 is 11.3 Å². The molecular weight excluding hydrogens is 250 g/mol. The Labute approximate surface area is 122 Å². The molecule has 112 valence electrons. The van der Waals surface area contributed by atoms with Gasteiger partial charge >= 0.3 is 0 Å². The molecular formula is C16H27N3O. The van der Waals surface area contributed by atoms with Crippen LogP contribution in [0.1, 0.15) is 36.1 Å². The maximum Gasteiger partial charge on any atom is 0.0909 e. The Hall–Kier alpha value is -0.940. The van der Waals surface area contributed by atoms with Gasteiger partial charge in [-0.2, -0.15) is 0 Å². The van der Waals surface area contributed by atoms with Crippen molar-refractivity contribution in [3.63, 3.8) is 0 Å². The van der Waals surface area contributed by atoms with Gasteiger partial charge in [0.05, 0.1) is 18.8 Å². The first-order chi connectivity index (χ1) is 9.67. The first-order valence-corrected chi connectivity index (χ1v) is 7.53. The summed E-state index contributed by atoms with van der Waals surface area (Å²) < 4.78 is 5.97. The molecule has 0 aromatic heterocycles. The number of hydrazine groups is 1. The van der Waals surface area contributed by atoms with Crippen LogP contribution in [0.3, 0.4) is 0 Å². The molecule has 3 N–H and O–H groups in total. The molecule has 0 aliphatic carbocycles. The van der Waals surface area contributed by atoms with Gasteiger partial charge in [-0.3, -0.25) is 16.2 Å². The van der Waals surface area contributed by atoms with E-state index in [2.05, 4.69) is 49.3 Å². The molecule has 1 aromatic carbocycles. The lowest BCUT2D eigenvalue weighted by atomic mass is 9.93. The second-order valence-electron chi connectivity index (χ2n) is 5.64. The fourth-order valence-corrected chi connectivity index (χ4v) is 2.96. The molecule has 4 heteroatoms. The van der Waals surface area contributed by atoms with Gasteiger partial charge in [-0.1, -0.05) is 25.1 Å². The standard InChI is InChI=1S/C16H27N3O/c1-4-8-19-9-10-20-15(11-19)16(18-17)14-7-5-6-12(2)13(14)3/h5-7,15-16,18H,4,8-11,17H2,1-3H3. The average molecular weight is 277 g/mol. The zero-order chi connectivity index (χ0) is 14.5. The van der Waals surface area contributed by atoms with Crippen molar-refractivity contribution >= 4 is 0 Å². The molecule has 20 heavy (non-hydrogen) atoms. The number of nitrogens with two attached hydrogens (primary N) is 1. The predicted octanol–water partition coefficient (Wildman–Crippen LogP) is 1.92. The van der Waals surface area contributed by atoms with Crippen molar-refractivity contribution in [3.8, 4) is 0 Å². The van der Waals surface area contributed by atoms with E-state index in [9.17, 15) is 0 Å². The predicted molar refractivity (Wildman–Crippen MR) is 82.5 cm³/mol. The zero-order valence-electron chi connectivity index (χ0n) is 12.9. The Morgan fingerprint density at radius 2 is 2.25 bits per heavy atom. The minimum atomic E-state index is 0.0505. The lowest BCUT2D eigenvalue weighted by Gasteiger charge is -2.37. The summed E-state index contributed by atoms with van der Waals surface area (Å²) in [5.74, 6) is 5.83. The number of aryl methyl sites for hydroxylation is 1. The van der Waals surface area contributed by atoms with Crippen molar-refractivity contribution in [1.29, 1.82) is 0 Å². The van der Waals surface area contributed by atoms with Gasteiger partial charge in [0.25, 0.3) is 0 Å². The molecule has 1 heterocycles. The number of rotatable bonds is 5. The zero-order valence-corrected chi connectivity index (χ0v) is 12.9. The fourth-order valence-electron chi connectivity index (χ4n) is 2.96. The number of nitrogens with one attached hydrogen (secondary N) is 1.